The van der Waals surface area contributed by atoms with Gasteiger partial charge in [0.25, 0.3) is 0 Å². The fourth-order valence-corrected chi connectivity index (χ4v) is 1.88. The van der Waals surface area contributed by atoms with Crippen molar-refractivity contribution >= 4 is 28.6 Å². The van der Waals surface area contributed by atoms with Gasteiger partial charge in [0.15, 0.2) is 0 Å². The molecule has 0 heterocycles. The first-order valence-corrected chi connectivity index (χ1v) is 7.65. The molecule has 0 atom stereocenters. The van der Waals surface area contributed by atoms with Gasteiger partial charge < -0.3 is 5.11 Å². The molecular formula is C14H23IO2. The van der Waals surface area contributed by atoms with E-state index in [9.17, 15) is 4.79 Å². The summed E-state index contributed by atoms with van der Waals surface area (Å²) in [7, 11) is 0. The Bertz CT molecular complexity index is 234. The number of hydrogen-bond acceptors (Lipinski definition) is 1. The van der Waals surface area contributed by atoms with Crippen LogP contribution >= 0.6 is 22.6 Å². The van der Waals surface area contributed by atoms with E-state index in [0.29, 0.717) is 6.42 Å². The van der Waals surface area contributed by atoms with Crippen molar-refractivity contribution in [2.45, 2.75) is 57.8 Å². The molecule has 0 saturated carbocycles. The molecule has 0 radical (unpaired) electrons. The van der Waals surface area contributed by atoms with Gasteiger partial charge in [-0.3, -0.25) is 4.79 Å². The maximum atomic E-state index is 10.3. The first-order valence-electron chi connectivity index (χ1n) is 6.41. The molecule has 2 nitrogen and oxygen atoms in total. The minimum absolute atomic E-state index is 0.328. The highest BCUT2D eigenvalue weighted by Crippen LogP contribution is 2.09. The van der Waals surface area contributed by atoms with E-state index < -0.39 is 5.97 Å². The van der Waals surface area contributed by atoms with Gasteiger partial charge in [-0.05, 0) is 23.3 Å². The van der Waals surface area contributed by atoms with Crippen molar-refractivity contribution in [2.75, 3.05) is 0 Å². The molecule has 17 heavy (non-hydrogen) atoms. The second-order valence-corrected chi connectivity index (χ2v) is 4.87. The van der Waals surface area contributed by atoms with Crippen molar-refractivity contribution in [3.8, 4) is 0 Å². The van der Waals surface area contributed by atoms with Gasteiger partial charge in [0, 0.05) is 6.42 Å². The van der Waals surface area contributed by atoms with Gasteiger partial charge in [0.2, 0.25) is 0 Å². The number of aliphatic carboxylic acids is 1. The van der Waals surface area contributed by atoms with Crippen LogP contribution in [0.5, 0.6) is 0 Å². The van der Waals surface area contributed by atoms with Crippen molar-refractivity contribution in [3.05, 3.63) is 22.3 Å². The number of hydrogen-bond donors (Lipinski definition) is 1. The minimum Gasteiger partial charge on any atom is -0.481 e. The van der Waals surface area contributed by atoms with Crippen LogP contribution in [0.1, 0.15) is 57.8 Å². The number of carbonyl (C=O) groups is 1. The molecule has 0 rings (SSSR count). The molecule has 0 aliphatic carbocycles. The van der Waals surface area contributed by atoms with E-state index >= 15 is 0 Å². The first kappa shape index (κ1) is 16.7. The lowest BCUT2D eigenvalue weighted by Gasteiger charge is -1.99. The van der Waals surface area contributed by atoms with Crippen LogP contribution in [0.3, 0.4) is 0 Å². The summed E-state index contributed by atoms with van der Waals surface area (Å²) in [6, 6.07) is 0. The summed E-state index contributed by atoms with van der Waals surface area (Å²) >= 11 is 2.21. The van der Waals surface area contributed by atoms with E-state index in [0.717, 1.165) is 12.8 Å². The van der Waals surface area contributed by atoms with E-state index in [1.54, 1.807) is 0 Å². The number of unbranched alkanes of at least 4 members (excludes halogenated alkanes) is 7. The van der Waals surface area contributed by atoms with Crippen LogP contribution in [0.4, 0.5) is 0 Å². The Morgan fingerprint density at radius 2 is 1.53 bits per heavy atom. The highest BCUT2D eigenvalue weighted by Gasteiger charge is 1.96. The lowest BCUT2D eigenvalue weighted by atomic mass is 10.1. The third kappa shape index (κ3) is 15.7. The SMILES string of the molecule is O=C(O)CCCCCCCCC/C=C/C=C/I. The quantitative estimate of drug-likeness (QED) is 0.320. The zero-order valence-electron chi connectivity index (χ0n) is 10.4. The maximum absolute atomic E-state index is 10.3. The summed E-state index contributed by atoms with van der Waals surface area (Å²) in [5, 5.41) is 8.46. The van der Waals surface area contributed by atoms with Gasteiger partial charge in [-0.2, -0.15) is 0 Å². The second-order valence-electron chi connectivity index (χ2n) is 4.15. The summed E-state index contributed by atoms with van der Waals surface area (Å²) in [4.78, 5) is 10.3. The van der Waals surface area contributed by atoms with Crippen molar-refractivity contribution in [1.29, 1.82) is 0 Å². The number of allylic oxidation sites excluding steroid dienone is 3. The van der Waals surface area contributed by atoms with Crippen LogP contribution in [-0.2, 0) is 4.79 Å². The summed E-state index contributed by atoms with van der Waals surface area (Å²) in [6.45, 7) is 0. The fourth-order valence-electron chi connectivity index (χ4n) is 1.64. The maximum Gasteiger partial charge on any atom is 0.303 e. The Balaban J connectivity index is 3.06. The molecule has 0 fully saturated rings. The molecule has 0 aromatic heterocycles. The normalized spacial score (nSPS) is 11.6. The van der Waals surface area contributed by atoms with Crippen LogP contribution in [0.25, 0.3) is 0 Å². The Morgan fingerprint density at radius 3 is 2.12 bits per heavy atom. The molecule has 3 heteroatoms. The highest BCUT2D eigenvalue weighted by molar-refractivity contribution is 14.1. The first-order chi connectivity index (χ1) is 8.27. The predicted octanol–water partition coefficient (Wildman–Crippen LogP) is 5.09. The Morgan fingerprint density at radius 1 is 0.941 bits per heavy atom. The molecule has 0 aromatic rings. The zero-order valence-corrected chi connectivity index (χ0v) is 12.6. The standard InChI is InChI=1S/C14H23IO2/c15-13-11-9-7-5-3-1-2-4-6-8-10-12-14(16)17/h7,9,11,13H,1-6,8,10,12H2,(H,16,17)/b9-7+,13-11+. The Labute approximate surface area is 118 Å². The smallest absolute Gasteiger partial charge is 0.303 e. The molecule has 0 amide bonds. The van der Waals surface area contributed by atoms with Crippen molar-refractivity contribution in [1.82, 2.24) is 0 Å². The third-order valence-corrected chi connectivity index (χ3v) is 3.00. The van der Waals surface area contributed by atoms with Gasteiger partial charge >= 0.3 is 5.97 Å². The van der Waals surface area contributed by atoms with Crippen LogP contribution < -0.4 is 0 Å². The van der Waals surface area contributed by atoms with Crippen LogP contribution in [0.2, 0.25) is 0 Å². The fraction of sp³-hybridized carbons (Fsp3) is 0.643. The van der Waals surface area contributed by atoms with Gasteiger partial charge in [-0.15, -0.1) is 0 Å². The molecular weight excluding hydrogens is 327 g/mol. The second kappa shape index (κ2) is 13.7. The molecule has 0 unspecified atom stereocenters. The highest BCUT2D eigenvalue weighted by atomic mass is 127. The summed E-state index contributed by atoms with van der Waals surface area (Å²) in [5.41, 5.74) is 0. The average Bonchev–Trinajstić information content (AvgIpc) is 2.30. The number of carboxylic acids is 1. The van der Waals surface area contributed by atoms with Crippen LogP contribution in [-0.4, -0.2) is 11.1 Å². The van der Waals surface area contributed by atoms with E-state index in [1.165, 1.54) is 38.5 Å². The largest absolute Gasteiger partial charge is 0.481 e. The van der Waals surface area contributed by atoms with Crippen LogP contribution in [0, 0.1) is 0 Å². The predicted molar refractivity (Wildman–Crippen MR) is 81.5 cm³/mol. The van der Waals surface area contributed by atoms with Gasteiger partial charge in [0.05, 0.1) is 0 Å². The number of halogens is 1. The van der Waals surface area contributed by atoms with Crippen LogP contribution in [0.15, 0.2) is 22.3 Å². The molecule has 0 aliphatic rings. The molecule has 0 spiro atoms. The van der Waals surface area contributed by atoms with Gasteiger partial charge in [-0.1, -0.05) is 72.9 Å². The zero-order chi connectivity index (χ0) is 12.8. The third-order valence-electron chi connectivity index (χ3n) is 2.58. The van der Waals surface area contributed by atoms with Crippen molar-refractivity contribution < 1.29 is 9.90 Å². The summed E-state index contributed by atoms with van der Waals surface area (Å²) in [5.74, 6) is -0.669. The van der Waals surface area contributed by atoms with Gasteiger partial charge in [-0.25, -0.2) is 0 Å². The Hall–Kier alpha value is -0.320. The molecule has 1 N–H and O–H groups in total. The molecule has 0 saturated heterocycles. The van der Waals surface area contributed by atoms with E-state index in [4.69, 9.17) is 5.11 Å². The number of rotatable bonds is 11. The monoisotopic (exact) mass is 350 g/mol. The average molecular weight is 350 g/mol. The minimum atomic E-state index is -0.669. The van der Waals surface area contributed by atoms with Gasteiger partial charge in [0.1, 0.15) is 0 Å². The van der Waals surface area contributed by atoms with E-state index in [2.05, 4.69) is 34.7 Å². The van der Waals surface area contributed by atoms with E-state index in [1.807, 2.05) is 10.2 Å². The molecule has 0 bridgehead atoms. The topological polar surface area (TPSA) is 37.3 Å². The lowest BCUT2D eigenvalue weighted by molar-refractivity contribution is -0.137. The Kier molecular flexibility index (Phi) is 13.5. The lowest BCUT2D eigenvalue weighted by Crippen LogP contribution is -1.93. The van der Waals surface area contributed by atoms with Crippen molar-refractivity contribution in [3.63, 3.8) is 0 Å². The van der Waals surface area contributed by atoms with Crippen molar-refractivity contribution in [2.24, 2.45) is 0 Å². The van der Waals surface area contributed by atoms with E-state index in [-0.39, 0.29) is 0 Å². The number of carboxylic acid groups (broad SMARTS) is 1. The summed E-state index contributed by atoms with van der Waals surface area (Å²) < 4.78 is 2.01. The molecule has 98 valence electrons. The summed E-state index contributed by atoms with van der Waals surface area (Å²) in [6.07, 6.45) is 16.0. The molecule has 0 aromatic carbocycles. The molecule has 0 aliphatic heterocycles.